The lowest BCUT2D eigenvalue weighted by molar-refractivity contribution is -0.148. The van der Waals surface area contributed by atoms with Crippen molar-refractivity contribution in [3.63, 3.8) is 0 Å². The number of rotatable bonds is 4. The molecule has 0 unspecified atom stereocenters. The fourth-order valence-electron chi connectivity index (χ4n) is 4.12. The molecule has 2 bridgehead atoms. The molecule has 2 aliphatic rings. The lowest BCUT2D eigenvalue weighted by Crippen LogP contribution is -2.37. The zero-order valence-electron chi connectivity index (χ0n) is 12.2. The number of anilines is 1. The molecular formula is C17H21NO3. The third-order valence-electron chi connectivity index (χ3n) is 5.11. The van der Waals surface area contributed by atoms with Crippen LogP contribution in [-0.2, 0) is 16.0 Å². The third-order valence-corrected chi connectivity index (χ3v) is 5.11. The lowest BCUT2D eigenvalue weighted by Gasteiger charge is -2.27. The molecule has 4 nitrogen and oxygen atoms in total. The number of aryl methyl sites for hydroxylation is 1. The van der Waals surface area contributed by atoms with Gasteiger partial charge in [-0.1, -0.05) is 19.1 Å². The Morgan fingerprint density at radius 2 is 1.95 bits per heavy atom. The predicted octanol–water partition coefficient (Wildman–Crippen LogP) is 2.93. The Kier molecular flexibility index (Phi) is 3.70. The summed E-state index contributed by atoms with van der Waals surface area (Å²) in [6.45, 7) is 2.07. The summed E-state index contributed by atoms with van der Waals surface area (Å²) in [5, 5.41) is 12.3. The van der Waals surface area contributed by atoms with Crippen LogP contribution in [0.25, 0.3) is 0 Å². The van der Waals surface area contributed by atoms with Gasteiger partial charge in [0.1, 0.15) is 0 Å². The number of hydrogen-bond acceptors (Lipinski definition) is 2. The van der Waals surface area contributed by atoms with Crippen LogP contribution in [0.5, 0.6) is 0 Å². The minimum atomic E-state index is -0.815. The van der Waals surface area contributed by atoms with Crippen molar-refractivity contribution >= 4 is 17.6 Å². The number of fused-ring (bicyclic) bond motifs is 2. The standard InChI is InChI=1S/C17H21NO3/c1-2-10-4-3-5-13(8-10)18-16(19)14-11-6-7-12(9-11)15(14)17(20)21/h3-5,8,11-12,14-15H,2,6-7,9H2,1H3,(H,18,19)(H,20,21)/t11-,12-,14-,15+/m0/s1. The summed E-state index contributed by atoms with van der Waals surface area (Å²) in [7, 11) is 0. The number of aliphatic carboxylic acids is 1. The molecule has 4 atom stereocenters. The van der Waals surface area contributed by atoms with Crippen molar-refractivity contribution in [3.05, 3.63) is 29.8 Å². The van der Waals surface area contributed by atoms with Crippen LogP contribution in [-0.4, -0.2) is 17.0 Å². The minimum absolute atomic E-state index is 0.122. The second kappa shape index (κ2) is 5.51. The Bertz CT molecular complexity index is 569. The molecule has 0 saturated heterocycles. The first-order valence-electron chi connectivity index (χ1n) is 7.72. The molecule has 4 heteroatoms. The number of hydrogen-bond donors (Lipinski definition) is 2. The van der Waals surface area contributed by atoms with Gasteiger partial charge in [-0.2, -0.15) is 0 Å². The minimum Gasteiger partial charge on any atom is -0.481 e. The smallest absolute Gasteiger partial charge is 0.307 e. The summed E-state index contributed by atoms with van der Waals surface area (Å²) in [6, 6.07) is 7.76. The van der Waals surface area contributed by atoms with E-state index in [1.54, 1.807) is 0 Å². The molecule has 2 N–H and O–H groups in total. The van der Waals surface area contributed by atoms with Gasteiger partial charge in [0.25, 0.3) is 0 Å². The van der Waals surface area contributed by atoms with Gasteiger partial charge in [-0.15, -0.1) is 0 Å². The van der Waals surface area contributed by atoms with Crippen LogP contribution in [0.4, 0.5) is 5.69 Å². The van der Waals surface area contributed by atoms with E-state index in [2.05, 4.69) is 12.2 Å². The topological polar surface area (TPSA) is 66.4 Å². The number of benzene rings is 1. The van der Waals surface area contributed by atoms with E-state index in [4.69, 9.17) is 0 Å². The molecule has 1 amide bonds. The molecule has 1 aromatic rings. The Morgan fingerprint density at radius 1 is 1.24 bits per heavy atom. The molecule has 112 valence electrons. The molecule has 0 spiro atoms. The van der Waals surface area contributed by atoms with E-state index in [0.717, 1.165) is 36.9 Å². The summed E-state index contributed by atoms with van der Waals surface area (Å²) in [5.41, 5.74) is 1.93. The van der Waals surface area contributed by atoms with Crippen LogP contribution in [0.15, 0.2) is 24.3 Å². The maximum atomic E-state index is 12.5. The fourth-order valence-corrected chi connectivity index (χ4v) is 4.12. The molecule has 3 rings (SSSR count). The van der Waals surface area contributed by atoms with Crippen molar-refractivity contribution in [1.82, 2.24) is 0 Å². The summed E-state index contributed by atoms with van der Waals surface area (Å²) in [6.07, 6.45) is 3.75. The van der Waals surface area contributed by atoms with Crippen molar-refractivity contribution in [3.8, 4) is 0 Å². The normalized spacial score (nSPS) is 30.3. The highest BCUT2D eigenvalue weighted by atomic mass is 16.4. The number of carbonyl (C=O) groups is 2. The summed E-state index contributed by atoms with van der Waals surface area (Å²) < 4.78 is 0. The maximum Gasteiger partial charge on any atom is 0.307 e. The lowest BCUT2D eigenvalue weighted by atomic mass is 9.78. The van der Waals surface area contributed by atoms with Crippen LogP contribution in [0, 0.1) is 23.7 Å². The van der Waals surface area contributed by atoms with E-state index in [0.29, 0.717) is 0 Å². The van der Waals surface area contributed by atoms with Crippen LogP contribution in [0.1, 0.15) is 31.7 Å². The molecular weight excluding hydrogens is 266 g/mol. The van der Waals surface area contributed by atoms with Crippen LogP contribution < -0.4 is 5.32 Å². The van der Waals surface area contributed by atoms with E-state index < -0.39 is 11.9 Å². The monoisotopic (exact) mass is 287 g/mol. The summed E-state index contributed by atoms with van der Waals surface area (Å²) >= 11 is 0. The van der Waals surface area contributed by atoms with Gasteiger partial charge in [-0.3, -0.25) is 9.59 Å². The van der Waals surface area contributed by atoms with Gasteiger partial charge in [0.2, 0.25) is 5.91 Å². The van der Waals surface area contributed by atoms with E-state index in [1.165, 1.54) is 0 Å². The summed E-state index contributed by atoms with van der Waals surface area (Å²) in [4.78, 5) is 24.0. The van der Waals surface area contributed by atoms with E-state index in [-0.39, 0.29) is 23.7 Å². The Labute approximate surface area is 124 Å². The van der Waals surface area contributed by atoms with Crippen LogP contribution in [0.2, 0.25) is 0 Å². The highest BCUT2D eigenvalue weighted by Crippen LogP contribution is 2.52. The van der Waals surface area contributed by atoms with Gasteiger partial charge in [0.15, 0.2) is 0 Å². The van der Waals surface area contributed by atoms with Crippen molar-refractivity contribution in [1.29, 1.82) is 0 Å². The van der Waals surface area contributed by atoms with Gasteiger partial charge in [-0.25, -0.2) is 0 Å². The predicted molar refractivity (Wildman–Crippen MR) is 79.9 cm³/mol. The van der Waals surface area contributed by atoms with Crippen molar-refractivity contribution in [2.75, 3.05) is 5.32 Å². The third kappa shape index (κ3) is 2.55. The molecule has 21 heavy (non-hydrogen) atoms. The molecule has 2 aliphatic carbocycles. The first-order chi connectivity index (χ1) is 10.1. The number of carboxylic acid groups (broad SMARTS) is 1. The van der Waals surface area contributed by atoms with Crippen LogP contribution in [0.3, 0.4) is 0 Å². The second-order valence-corrected chi connectivity index (χ2v) is 6.27. The van der Waals surface area contributed by atoms with Gasteiger partial charge < -0.3 is 10.4 Å². The Balaban J connectivity index is 1.76. The number of amides is 1. The van der Waals surface area contributed by atoms with Crippen molar-refractivity contribution in [2.24, 2.45) is 23.7 Å². The maximum absolute atomic E-state index is 12.5. The van der Waals surface area contributed by atoms with Crippen LogP contribution >= 0.6 is 0 Å². The van der Waals surface area contributed by atoms with E-state index in [1.807, 2.05) is 24.3 Å². The highest BCUT2D eigenvalue weighted by molar-refractivity contribution is 5.96. The SMILES string of the molecule is CCc1cccc(NC(=O)[C@H]2[C@H]3CC[C@@H](C3)[C@H]2C(=O)O)c1. The molecule has 0 aromatic heterocycles. The van der Waals surface area contributed by atoms with Crippen molar-refractivity contribution in [2.45, 2.75) is 32.6 Å². The zero-order chi connectivity index (χ0) is 15.0. The molecule has 2 fully saturated rings. The molecule has 1 aromatic carbocycles. The van der Waals surface area contributed by atoms with Crippen molar-refractivity contribution < 1.29 is 14.7 Å². The van der Waals surface area contributed by atoms with Gasteiger partial charge in [0, 0.05) is 5.69 Å². The Hall–Kier alpha value is -1.84. The zero-order valence-corrected chi connectivity index (χ0v) is 12.2. The average molecular weight is 287 g/mol. The fraction of sp³-hybridized carbons (Fsp3) is 0.529. The van der Waals surface area contributed by atoms with E-state index >= 15 is 0 Å². The molecule has 2 saturated carbocycles. The molecule has 0 aliphatic heterocycles. The van der Waals surface area contributed by atoms with Gasteiger partial charge in [0.05, 0.1) is 11.8 Å². The van der Waals surface area contributed by atoms with E-state index in [9.17, 15) is 14.7 Å². The largest absolute Gasteiger partial charge is 0.481 e. The quantitative estimate of drug-likeness (QED) is 0.894. The number of carbonyl (C=O) groups excluding carboxylic acids is 1. The average Bonchev–Trinajstić information content (AvgIpc) is 3.07. The highest BCUT2D eigenvalue weighted by Gasteiger charge is 2.53. The first kappa shape index (κ1) is 14.1. The molecule has 0 heterocycles. The number of nitrogens with one attached hydrogen (secondary N) is 1. The number of carboxylic acids is 1. The van der Waals surface area contributed by atoms with Gasteiger partial charge >= 0.3 is 5.97 Å². The van der Waals surface area contributed by atoms with Gasteiger partial charge in [-0.05, 0) is 55.2 Å². The summed E-state index contributed by atoms with van der Waals surface area (Å²) in [5.74, 6) is -1.38. The first-order valence-corrected chi connectivity index (χ1v) is 7.72. The second-order valence-electron chi connectivity index (χ2n) is 6.27. The Morgan fingerprint density at radius 3 is 2.62 bits per heavy atom. The molecule has 0 radical (unpaired) electrons.